The summed E-state index contributed by atoms with van der Waals surface area (Å²) >= 11 is 1.74. The third-order valence-electron chi connectivity index (χ3n) is 3.15. The van der Waals surface area contributed by atoms with E-state index in [4.69, 9.17) is 0 Å². The molecule has 0 spiro atoms. The molecule has 0 aliphatic carbocycles. The van der Waals surface area contributed by atoms with Crippen molar-refractivity contribution in [3.05, 3.63) is 60.3 Å². The number of hydrogen-bond acceptors (Lipinski definition) is 4. The zero-order valence-corrected chi connectivity index (χ0v) is 12.1. The molecule has 0 aliphatic rings. The number of imidazole rings is 1. The first kappa shape index (κ1) is 13.1. The summed E-state index contributed by atoms with van der Waals surface area (Å²) in [6.07, 6.45) is 9.81. The Labute approximate surface area is 122 Å². The van der Waals surface area contributed by atoms with Crippen LogP contribution in [0, 0.1) is 0 Å². The highest BCUT2D eigenvalue weighted by Crippen LogP contribution is 2.16. The predicted molar refractivity (Wildman–Crippen MR) is 81.8 cm³/mol. The molecule has 0 saturated carbocycles. The quantitative estimate of drug-likeness (QED) is 0.732. The van der Waals surface area contributed by atoms with Crippen molar-refractivity contribution < 1.29 is 0 Å². The van der Waals surface area contributed by atoms with Crippen molar-refractivity contribution in [2.75, 3.05) is 6.26 Å². The first-order valence-corrected chi connectivity index (χ1v) is 7.69. The molecule has 0 aromatic carbocycles. The van der Waals surface area contributed by atoms with Crippen LogP contribution in [-0.4, -0.2) is 20.6 Å². The summed E-state index contributed by atoms with van der Waals surface area (Å²) in [5.41, 5.74) is 3.34. The van der Waals surface area contributed by atoms with Crippen LogP contribution in [0.1, 0.15) is 11.3 Å². The SMILES string of the molecule is CSc1ccc2ncc(CNCc3cccnc3)n2c1. The molecule has 1 N–H and O–H groups in total. The van der Waals surface area contributed by atoms with E-state index in [1.54, 1.807) is 18.0 Å². The highest BCUT2D eigenvalue weighted by atomic mass is 32.2. The minimum atomic E-state index is 0.786. The Morgan fingerprint density at radius 2 is 2.15 bits per heavy atom. The van der Waals surface area contributed by atoms with Gasteiger partial charge in [0.05, 0.1) is 11.9 Å². The zero-order valence-electron chi connectivity index (χ0n) is 11.3. The Bertz CT molecular complexity index is 693. The van der Waals surface area contributed by atoms with Crippen LogP contribution >= 0.6 is 11.8 Å². The summed E-state index contributed by atoms with van der Waals surface area (Å²) in [5.74, 6) is 0. The van der Waals surface area contributed by atoms with Crippen LogP contribution in [0.3, 0.4) is 0 Å². The van der Waals surface area contributed by atoms with Gasteiger partial charge in [-0.1, -0.05) is 6.07 Å². The average molecular weight is 284 g/mol. The second kappa shape index (κ2) is 6.07. The molecular weight excluding hydrogens is 268 g/mol. The van der Waals surface area contributed by atoms with Crippen molar-refractivity contribution >= 4 is 17.4 Å². The molecule has 0 aliphatic heterocycles. The van der Waals surface area contributed by atoms with Crippen LogP contribution in [0.2, 0.25) is 0 Å². The molecule has 0 bridgehead atoms. The van der Waals surface area contributed by atoms with Gasteiger partial charge in [-0.05, 0) is 30.0 Å². The fraction of sp³-hybridized carbons (Fsp3) is 0.200. The maximum Gasteiger partial charge on any atom is 0.136 e. The van der Waals surface area contributed by atoms with Crippen molar-refractivity contribution in [2.45, 2.75) is 18.0 Å². The Morgan fingerprint density at radius 1 is 1.20 bits per heavy atom. The molecule has 0 amide bonds. The van der Waals surface area contributed by atoms with Crippen LogP contribution in [0.25, 0.3) is 5.65 Å². The van der Waals surface area contributed by atoms with E-state index < -0.39 is 0 Å². The highest BCUT2D eigenvalue weighted by Gasteiger charge is 2.03. The number of rotatable bonds is 5. The van der Waals surface area contributed by atoms with E-state index in [0.717, 1.165) is 18.7 Å². The molecule has 0 radical (unpaired) electrons. The van der Waals surface area contributed by atoms with Crippen molar-refractivity contribution in [3.8, 4) is 0 Å². The van der Waals surface area contributed by atoms with Crippen LogP contribution in [-0.2, 0) is 13.1 Å². The number of pyridine rings is 2. The predicted octanol–water partition coefficient (Wildman–Crippen LogP) is 2.74. The van der Waals surface area contributed by atoms with Gasteiger partial charge in [-0.2, -0.15) is 0 Å². The van der Waals surface area contributed by atoms with Gasteiger partial charge < -0.3 is 9.72 Å². The van der Waals surface area contributed by atoms with E-state index in [9.17, 15) is 0 Å². The van der Waals surface area contributed by atoms with E-state index >= 15 is 0 Å². The number of aromatic nitrogens is 3. The summed E-state index contributed by atoms with van der Waals surface area (Å²) in [6, 6.07) is 8.17. The lowest BCUT2D eigenvalue weighted by Crippen LogP contribution is -2.14. The molecule has 3 rings (SSSR count). The van der Waals surface area contributed by atoms with Crippen molar-refractivity contribution in [1.82, 2.24) is 19.7 Å². The van der Waals surface area contributed by atoms with Gasteiger partial charge in [-0.25, -0.2) is 4.98 Å². The second-order valence-electron chi connectivity index (χ2n) is 4.51. The normalized spacial score (nSPS) is 11.1. The van der Waals surface area contributed by atoms with Gasteiger partial charge in [0.15, 0.2) is 0 Å². The van der Waals surface area contributed by atoms with Gasteiger partial charge in [0, 0.05) is 36.6 Å². The summed E-state index contributed by atoms with van der Waals surface area (Å²) in [6.45, 7) is 1.59. The van der Waals surface area contributed by atoms with E-state index in [0.29, 0.717) is 0 Å². The Balaban J connectivity index is 1.71. The highest BCUT2D eigenvalue weighted by molar-refractivity contribution is 7.98. The Hall–Kier alpha value is -1.85. The smallest absolute Gasteiger partial charge is 0.136 e. The topological polar surface area (TPSA) is 42.2 Å². The monoisotopic (exact) mass is 284 g/mol. The Morgan fingerprint density at radius 3 is 2.95 bits per heavy atom. The van der Waals surface area contributed by atoms with Gasteiger partial charge in [0.1, 0.15) is 5.65 Å². The number of thioether (sulfide) groups is 1. The molecule has 3 aromatic heterocycles. The summed E-state index contributed by atoms with van der Waals surface area (Å²) in [4.78, 5) is 9.77. The van der Waals surface area contributed by atoms with Gasteiger partial charge in [-0.15, -0.1) is 11.8 Å². The molecule has 3 heterocycles. The minimum Gasteiger partial charge on any atom is -0.307 e. The minimum absolute atomic E-state index is 0.786. The zero-order chi connectivity index (χ0) is 13.8. The van der Waals surface area contributed by atoms with E-state index in [1.807, 2.05) is 18.5 Å². The van der Waals surface area contributed by atoms with Crippen molar-refractivity contribution in [1.29, 1.82) is 0 Å². The lowest BCUT2D eigenvalue weighted by Gasteiger charge is -2.06. The summed E-state index contributed by atoms with van der Waals surface area (Å²) in [5, 5.41) is 3.43. The molecule has 0 unspecified atom stereocenters. The first-order chi connectivity index (χ1) is 9.86. The largest absolute Gasteiger partial charge is 0.307 e. The number of fused-ring (bicyclic) bond motifs is 1. The molecule has 0 atom stereocenters. The number of nitrogens with zero attached hydrogens (tertiary/aromatic N) is 3. The average Bonchev–Trinajstić information content (AvgIpc) is 2.91. The molecule has 3 aromatic rings. The summed E-state index contributed by atoms with van der Waals surface area (Å²) in [7, 11) is 0. The van der Waals surface area contributed by atoms with Crippen molar-refractivity contribution in [2.24, 2.45) is 0 Å². The lowest BCUT2D eigenvalue weighted by molar-refractivity contribution is 0.673. The first-order valence-electron chi connectivity index (χ1n) is 6.46. The standard InChI is InChI=1S/C15H16N4S/c1-20-14-4-5-15-18-10-13(19(15)11-14)9-17-8-12-3-2-6-16-7-12/h2-7,10-11,17H,8-9H2,1H3. The van der Waals surface area contributed by atoms with E-state index in [1.165, 1.54) is 16.2 Å². The molecule has 0 saturated heterocycles. The van der Waals surface area contributed by atoms with Gasteiger partial charge >= 0.3 is 0 Å². The van der Waals surface area contributed by atoms with Crippen LogP contribution in [0.5, 0.6) is 0 Å². The fourth-order valence-corrected chi connectivity index (χ4v) is 2.52. The maximum absolute atomic E-state index is 4.42. The second-order valence-corrected chi connectivity index (χ2v) is 5.39. The third kappa shape index (κ3) is 2.84. The van der Waals surface area contributed by atoms with Crippen LogP contribution < -0.4 is 5.32 Å². The third-order valence-corrected chi connectivity index (χ3v) is 3.86. The van der Waals surface area contributed by atoms with E-state index in [2.05, 4.69) is 50.3 Å². The molecule has 20 heavy (non-hydrogen) atoms. The lowest BCUT2D eigenvalue weighted by atomic mass is 10.3. The number of hydrogen-bond donors (Lipinski definition) is 1. The fourth-order valence-electron chi connectivity index (χ4n) is 2.10. The van der Waals surface area contributed by atoms with Gasteiger partial charge in [0.25, 0.3) is 0 Å². The van der Waals surface area contributed by atoms with E-state index in [-0.39, 0.29) is 0 Å². The molecule has 0 fully saturated rings. The van der Waals surface area contributed by atoms with Gasteiger partial charge in [-0.3, -0.25) is 4.98 Å². The maximum atomic E-state index is 4.42. The van der Waals surface area contributed by atoms with Crippen LogP contribution in [0.4, 0.5) is 0 Å². The Kier molecular flexibility index (Phi) is 3.99. The molecule has 4 nitrogen and oxygen atoms in total. The van der Waals surface area contributed by atoms with Crippen LogP contribution in [0.15, 0.2) is 53.9 Å². The summed E-state index contributed by atoms with van der Waals surface area (Å²) < 4.78 is 2.14. The molecule has 5 heteroatoms. The van der Waals surface area contributed by atoms with Crippen molar-refractivity contribution in [3.63, 3.8) is 0 Å². The molecule has 102 valence electrons. The number of nitrogens with one attached hydrogen (secondary N) is 1. The molecular formula is C15H16N4S. The van der Waals surface area contributed by atoms with Gasteiger partial charge in [0.2, 0.25) is 0 Å².